The van der Waals surface area contributed by atoms with Crippen LogP contribution < -0.4 is 16.0 Å². The molecule has 0 unspecified atom stereocenters. The first kappa shape index (κ1) is 15.3. The maximum Gasteiger partial charge on any atom is 0.223 e. The van der Waals surface area contributed by atoms with Crippen molar-refractivity contribution in [2.45, 2.75) is 51.5 Å². The molecule has 0 radical (unpaired) electrons. The minimum atomic E-state index is 0.149. The zero-order valence-electron chi connectivity index (χ0n) is 12.4. The van der Waals surface area contributed by atoms with E-state index in [0.29, 0.717) is 19.1 Å². The Morgan fingerprint density at radius 2 is 1.70 bits per heavy atom. The molecule has 2 rings (SSSR count). The van der Waals surface area contributed by atoms with Crippen LogP contribution >= 0.6 is 0 Å². The summed E-state index contributed by atoms with van der Waals surface area (Å²) in [6, 6.07) is 0.432. The first-order chi connectivity index (χ1) is 9.66. The summed E-state index contributed by atoms with van der Waals surface area (Å²) >= 11 is 0. The van der Waals surface area contributed by atoms with Gasteiger partial charge in [-0.05, 0) is 45.6 Å². The van der Waals surface area contributed by atoms with Gasteiger partial charge in [0, 0.05) is 31.0 Å². The van der Waals surface area contributed by atoms with Crippen LogP contribution in [0.4, 0.5) is 0 Å². The molecule has 0 aromatic rings. The van der Waals surface area contributed by atoms with Gasteiger partial charge in [0.25, 0.3) is 0 Å². The van der Waals surface area contributed by atoms with E-state index in [-0.39, 0.29) is 23.7 Å². The third-order valence-corrected chi connectivity index (χ3v) is 4.42. The molecule has 114 valence electrons. The molecule has 1 heterocycles. The van der Waals surface area contributed by atoms with E-state index < -0.39 is 0 Å². The van der Waals surface area contributed by atoms with Gasteiger partial charge in [-0.15, -0.1) is 0 Å². The van der Waals surface area contributed by atoms with Gasteiger partial charge in [0.15, 0.2) is 0 Å². The average Bonchev–Trinajstić information content (AvgIpc) is 2.36. The standard InChI is InChI=1S/C15H27N3O2/c1-11-10-13(6-9-16-11)15(20)18-8-3-7-17-14(19)12-4-2-5-12/h11-13,16H,2-10H2,1H3,(H,17,19)(H,18,20)/t11-,13-/m0/s1. The molecular formula is C15H27N3O2. The molecule has 2 atom stereocenters. The number of amides is 2. The van der Waals surface area contributed by atoms with Crippen molar-refractivity contribution in [2.75, 3.05) is 19.6 Å². The van der Waals surface area contributed by atoms with Crippen LogP contribution in [0.25, 0.3) is 0 Å². The lowest BCUT2D eigenvalue weighted by Gasteiger charge is -2.27. The quantitative estimate of drug-likeness (QED) is 0.631. The smallest absolute Gasteiger partial charge is 0.223 e. The van der Waals surface area contributed by atoms with Crippen LogP contribution in [0, 0.1) is 11.8 Å². The molecule has 2 aliphatic rings. The highest BCUT2D eigenvalue weighted by atomic mass is 16.2. The predicted octanol–water partition coefficient (Wildman–Crippen LogP) is 0.797. The van der Waals surface area contributed by atoms with E-state index in [2.05, 4.69) is 22.9 Å². The first-order valence-corrected chi connectivity index (χ1v) is 7.95. The number of nitrogens with one attached hydrogen (secondary N) is 3. The second kappa shape index (κ2) is 7.62. The van der Waals surface area contributed by atoms with Crippen molar-refractivity contribution in [3.63, 3.8) is 0 Å². The van der Waals surface area contributed by atoms with E-state index in [0.717, 1.165) is 38.6 Å². The third-order valence-electron chi connectivity index (χ3n) is 4.42. The lowest BCUT2D eigenvalue weighted by Crippen LogP contribution is -2.43. The Kier molecular flexibility index (Phi) is 5.83. The van der Waals surface area contributed by atoms with Crippen LogP contribution in [0.3, 0.4) is 0 Å². The molecule has 5 nitrogen and oxygen atoms in total. The predicted molar refractivity (Wildman–Crippen MR) is 78.2 cm³/mol. The number of rotatable bonds is 6. The fraction of sp³-hybridized carbons (Fsp3) is 0.867. The van der Waals surface area contributed by atoms with Crippen molar-refractivity contribution >= 4 is 11.8 Å². The van der Waals surface area contributed by atoms with Gasteiger partial charge in [0.05, 0.1) is 0 Å². The van der Waals surface area contributed by atoms with Crippen LogP contribution in [0.1, 0.15) is 45.4 Å². The number of hydrogen-bond donors (Lipinski definition) is 3. The minimum absolute atomic E-state index is 0.149. The lowest BCUT2D eigenvalue weighted by molar-refractivity contribution is -0.127. The number of carbonyl (C=O) groups excluding carboxylic acids is 2. The monoisotopic (exact) mass is 281 g/mol. The first-order valence-electron chi connectivity index (χ1n) is 7.95. The van der Waals surface area contributed by atoms with E-state index in [1.54, 1.807) is 0 Å². The largest absolute Gasteiger partial charge is 0.356 e. The van der Waals surface area contributed by atoms with Crippen molar-refractivity contribution in [1.82, 2.24) is 16.0 Å². The molecule has 0 spiro atoms. The van der Waals surface area contributed by atoms with E-state index in [9.17, 15) is 9.59 Å². The van der Waals surface area contributed by atoms with Crippen molar-refractivity contribution in [3.05, 3.63) is 0 Å². The fourth-order valence-corrected chi connectivity index (χ4v) is 2.84. The van der Waals surface area contributed by atoms with Crippen LogP contribution in [0.15, 0.2) is 0 Å². The summed E-state index contributed by atoms with van der Waals surface area (Å²) in [5.74, 6) is 0.759. The Balaban J connectivity index is 1.51. The summed E-state index contributed by atoms with van der Waals surface area (Å²) in [5, 5.41) is 9.28. The van der Waals surface area contributed by atoms with Gasteiger partial charge in [-0.2, -0.15) is 0 Å². The molecule has 2 fully saturated rings. The molecule has 1 saturated heterocycles. The highest BCUT2D eigenvalue weighted by molar-refractivity contribution is 5.79. The van der Waals surface area contributed by atoms with Crippen molar-refractivity contribution in [3.8, 4) is 0 Å². The van der Waals surface area contributed by atoms with Gasteiger partial charge < -0.3 is 16.0 Å². The molecule has 1 saturated carbocycles. The molecule has 0 aromatic heterocycles. The van der Waals surface area contributed by atoms with Crippen LogP contribution in [0.5, 0.6) is 0 Å². The van der Waals surface area contributed by atoms with E-state index >= 15 is 0 Å². The maximum absolute atomic E-state index is 12.0. The zero-order valence-corrected chi connectivity index (χ0v) is 12.4. The van der Waals surface area contributed by atoms with Gasteiger partial charge in [0.1, 0.15) is 0 Å². The molecule has 1 aliphatic carbocycles. The Hall–Kier alpha value is -1.10. The Morgan fingerprint density at radius 3 is 2.25 bits per heavy atom. The molecule has 0 bridgehead atoms. The van der Waals surface area contributed by atoms with Crippen molar-refractivity contribution in [2.24, 2.45) is 11.8 Å². The molecule has 20 heavy (non-hydrogen) atoms. The topological polar surface area (TPSA) is 70.2 Å². The molecule has 2 amide bonds. The van der Waals surface area contributed by atoms with Gasteiger partial charge in [-0.1, -0.05) is 6.42 Å². The number of carbonyl (C=O) groups is 2. The van der Waals surface area contributed by atoms with E-state index in [1.165, 1.54) is 6.42 Å². The van der Waals surface area contributed by atoms with Crippen molar-refractivity contribution in [1.29, 1.82) is 0 Å². The summed E-state index contributed by atoms with van der Waals surface area (Å²) in [6.45, 7) is 4.37. The second-order valence-electron chi connectivity index (χ2n) is 6.14. The third kappa shape index (κ3) is 4.47. The summed E-state index contributed by atoms with van der Waals surface area (Å²) in [5.41, 5.74) is 0. The van der Waals surface area contributed by atoms with Gasteiger partial charge in [-0.3, -0.25) is 9.59 Å². The minimum Gasteiger partial charge on any atom is -0.356 e. The lowest BCUT2D eigenvalue weighted by atomic mass is 9.85. The zero-order chi connectivity index (χ0) is 14.4. The highest BCUT2D eigenvalue weighted by Gasteiger charge is 2.25. The normalized spacial score (nSPS) is 26.6. The molecule has 3 N–H and O–H groups in total. The fourth-order valence-electron chi connectivity index (χ4n) is 2.84. The Labute approximate surface area is 121 Å². The summed E-state index contributed by atoms with van der Waals surface area (Å²) in [7, 11) is 0. The Morgan fingerprint density at radius 1 is 1.05 bits per heavy atom. The second-order valence-corrected chi connectivity index (χ2v) is 6.14. The molecule has 0 aromatic carbocycles. The van der Waals surface area contributed by atoms with Gasteiger partial charge in [0.2, 0.25) is 11.8 Å². The highest BCUT2D eigenvalue weighted by Crippen LogP contribution is 2.26. The van der Waals surface area contributed by atoms with E-state index in [1.807, 2.05) is 0 Å². The average molecular weight is 281 g/mol. The number of hydrogen-bond acceptors (Lipinski definition) is 3. The van der Waals surface area contributed by atoms with E-state index in [4.69, 9.17) is 0 Å². The van der Waals surface area contributed by atoms with Crippen LogP contribution in [-0.2, 0) is 9.59 Å². The SMILES string of the molecule is C[C@H]1C[C@@H](C(=O)NCCCNC(=O)C2CCC2)CCN1. The van der Waals surface area contributed by atoms with Crippen LogP contribution in [0.2, 0.25) is 0 Å². The van der Waals surface area contributed by atoms with Gasteiger partial charge in [-0.25, -0.2) is 0 Å². The van der Waals surface area contributed by atoms with Gasteiger partial charge >= 0.3 is 0 Å². The summed E-state index contributed by atoms with van der Waals surface area (Å²) in [4.78, 5) is 23.6. The summed E-state index contributed by atoms with van der Waals surface area (Å²) < 4.78 is 0. The Bertz CT molecular complexity index is 342. The maximum atomic E-state index is 12.0. The van der Waals surface area contributed by atoms with Crippen molar-refractivity contribution < 1.29 is 9.59 Å². The van der Waals surface area contributed by atoms with Crippen LogP contribution in [-0.4, -0.2) is 37.5 Å². The molecular weight excluding hydrogens is 254 g/mol. The summed E-state index contributed by atoms with van der Waals surface area (Å²) in [6.07, 6.45) is 5.92. The molecule has 5 heteroatoms. The molecule has 1 aliphatic heterocycles. The number of piperidine rings is 1.